The molecule has 4 aliphatic rings. The van der Waals surface area contributed by atoms with Crippen molar-refractivity contribution < 1.29 is 0 Å². The second-order valence-corrected chi connectivity index (χ2v) is 20.1. The first-order valence-corrected chi connectivity index (χ1v) is 21.5. The standard InChI is InChI=1S/C58H47N/c1-55(2)45-24-16-13-19-34(45)39-27-47-42(28-46(39)55)54-36-21-10-9-20-35(36)51(31-50(54)58(47,7)8)59-52-29-48-37(32-17-11-14-22-43(32)56(48,3)4)25-40(52)41-26-38-33-18-12-15-23-44(33)57(5,6)49(38)30-53(41)59/h9-31H,1-8H3. The zero-order valence-electron chi connectivity index (χ0n) is 35.2. The van der Waals surface area contributed by atoms with Crippen LogP contribution in [-0.4, -0.2) is 4.57 Å². The van der Waals surface area contributed by atoms with Crippen molar-refractivity contribution in [3.05, 3.63) is 184 Å². The van der Waals surface area contributed by atoms with Crippen LogP contribution in [-0.2, 0) is 21.7 Å². The van der Waals surface area contributed by atoms with Gasteiger partial charge in [-0.2, -0.15) is 0 Å². The van der Waals surface area contributed by atoms with Crippen LogP contribution in [0, 0.1) is 0 Å². The van der Waals surface area contributed by atoms with Crippen molar-refractivity contribution in [1.82, 2.24) is 4.57 Å². The van der Waals surface area contributed by atoms with Gasteiger partial charge in [-0.3, -0.25) is 0 Å². The Hall–Kier alpha value is -6.18. The van der Waals surface area contributed by atoms with Gasteiger partial charge < -0.3 is 4.57 Å². The minimum absolute atomic E-state index is 0.0615. The molecule has 0 aliphatic heterocycles. The van der Waals surface area contributed by atoms with Gasteiger partial charge in [-0.05, 0) is 137 Å². The summed E-state index contributed by atoms with van der Waals surface area (Å²) in [7, 11) is 0. The third kappa shape index (κ3) is 3.89. The van der Waals surface area contributed by atoms with Crippen molar-refractivity contribution in [3.63, 3.8) is 0 Å². The largest absolute Gasteiger partial charge is 0.309 e. The maximum Gasteiger partial charge on any atom is 0.0544 e. The number of rotatable bonds is 1. The number of hydrogen-bond donors (Lipinski definition) is 0. The fraction of sp³-hybridized carbons (Fsp3) is 0.207. The molecule has 13 rings (SSSR count). The van der Waals surface area contributed by atoms with Gasteiger partial charge in [-0.25, -0.2) is 0 Å². The Bertz CT molecular complexity index is 3310. The molecule has 0 unspecified atom stereocenters. The van der Waals surface area contributed by atoms with Crippen molar-refractivity contribution in [2.45, 2.75) is 77.0 Å². The van der Waals surface area contributed by atoms with Gasteiger partial charge in [0.25, 0.3) is 0 Å². The summed E-state index contributed by atoms with van der Waals surface area (Å²) in [5.74, 6) is 0. The molecule has 1 nitrogen and oxygen atoms in total. The van der Waals surface area contributed by atoms with Crippen LogP contribution in [0.25, 0.3) is 82.8 Å². The highest BCUT2D eigenvalue weighted by Gasteiger charge is 2.44. The van der Waals surface area contributed by atoms with E-state index in [-0.39, 0.29) is 21.7 Å². The Morgan fingerprint density at radius 3 is 1.17 bits per heavy atom. The van der Waals surface area contributed by atoms with E-state index in [9.17, 15) is 0 Å². The lowest BCUT2D eigenvalue weighted by atomic mass is 9.79. The van der Waals surface area contributed by atoms with Crippen LogP contribution < -0.4 is 0 Å². The summed E-state index contributed by atoms with van der Waals surface area (Å²) < 4.78 is 2.66. The molecule has 1 aromatic heterocycles. The molecular weight excluding hydrogens is 711 g/mol. The summed E-state index contributed by atoms with van der Waals surface area (Å²) in [5, 5.41) is 5.27. The molecule has 1 heteroatoms. The molecule has 0 saturated carbocycles. The highest BCUT2D eigenvalue weighted by atomic mass is 15.0. The number of fused-ring (bicyclic) bond motifs is 17. The Labute approximate surface area is 347 Å². The summed E-state index contributed by atoms with van der Waals surface area (Å²) >= 11 is 0. The molecule has 0 spiro atoms. The lowest BCUT2D eigenvalue weighted by Gasteiger charge is -2.25. The lowest BCUT2D eigenvalue weighted by Crippen LogP contribution is -2.17. The van der Waals surface area contributed by atoms with Crippen LogP contribution >= 0.6 is 0 Å². The molecule has 59 heavy (non-hydrogen) atoms. The van der Waals surface area contributed by atoms with Crippen molar-refractivity contribution >= 4 is 32.6 Å². The number of hydrogen-bond acceptors (Lipinski definition) is 0. The van der Waals surface area contributed by atoms with Crippen molar-refractivity contribution in [3.8, 4) is 50.2 Å². The van der Waals surface area contributed by atoms with Gasteiger partial charge in [0.15, 0.2) is 0 Å². The molecule has 0 amide bonds. The minimum Gasteiger partial charge on any atom is -0.309 e. The normalized spacial score (nSPS) is 17.4. The van der Waals surface area contributed by atoms with Crippen LogP contribution in [0.2, 0.25) is 0 Å². The summed E-state index contributed by atoms with van der Waals surface area (Å²) in [6, 6.07) is 54.3. The molecule has 0 N–H and O–H groups in total. The van der Waals surface area contributed by atoms with Gasteiger partial charge in [0.2, 0.25) is 0 Å². The molecule has 0 fully saturated rings. The average molecular weight is 758 g/mol. The van der Waals surface area contributed by atoms with Gasteiger partial charge in [0.05, 0.1) is 16.7 Å². The SMILES string of the molecule is CC1(C)c2ccccc2-c2cc3c(cc21)-c1c(cc(-n2c4cc5c(cc4c4cc6c(cc42)C(C)(C)c2ccccc2-6)-c2ccccc2C5(C)C)c2ccccc12)C3(C)C. The molecule has 8 aromatic carbocycles. The van der Waals surface area contributed by atoms with Crippen LogP contribution in [0.15, 0.2) is 140 Å². The van der Waals surface area contributed by atoms with Crippen LogP contribution in [0.5, 0.6) is 0 Å². The Kier molecular flexibility index (Phi) is 6.02. The zero-order chi connectivity index (χ0) is 40.1. The third-order valence-corrected chi connectivity index (χ3v) is 15.8. The molecule has 0 radical (unpaired) electrons. The molecule has 9 aromatic rings. The number of nitrogens with zero attached hydrogens (tertiary/aromatic N) is 1. The maximum atomic E-state index is 2.66. The van der Waals surface area contributed by atoms with Gasteiger partial charge in [0.1, 0.15) is 0 Å². The first-order chi connectivity index (χ1) is 28.3. The van der Waals surface area contributed by atoms with Crippen LogP contribution in [0.1, 0.15) is 99.9 Å². The van der Waals surface area contributed by atoms with E-state index < -0.39 is 0 Å². The first kappa shape index (κ1) is 33.8. The maximum absolute atomic E-state index is 2.66. The van der Waals surface area contributed by atoms with E-state index in [0.717, 1.165) is 0 Å². The second-order valence-electron chi connectivity index (χ2n) is 20.1. The van der Waals surface area contributed by atoms with E-state index in [1.807, 2.05) is 0 Å². The Balaban J connectivity index is 1.15. The molecular formula is C58H47N. The Morgan fingerprint density at radius 1 is 0.288 bits per heavy atom. The minimum atomic E-state index is -0.200. The van der Waals surface area contributed by atoms with Crippen molar-refractivity contribution in [2.75, 3.05) is 0 Å². The zero-order valence-corrected chi connectivity index (χ0v) is 35.2. The van der Waals surface area contributed by atoms with Crippen LogP contribution in [0.4, 0.5) is 0 Å². The predicted octanol–water partition coefficient (Wildman–Crippen LogP) is 15.2. The monoisotopic (exact) mass is 757 g/mol. The fourth-order valence-corrected chi connectivity index (χ4v) is 12.6. The molecule has 4 aliphatic carbocycles. The number of benzene rings is 8. The smallest absolute Gasteiger partial charge is 0.0544 e. The molecule has 284 valence electrons. The quantitative estimate of drug-likeness (QED) is 0.157. The highest BCUT2D eigenvalue weighted by molar-refractivity contribution is 6.16. The predicted molar refractivity (Wildman–Crippen MR) is 249 cm³/mol. The van der Waals surface area contributed by atoms with E-state index in [0.29, 0.717) is 0 Å². The van der Waals surface area contributed by atoms with E-state index in [2.05, 4.69) is 199 Å². The van der Waals surface area contributed by atoms with E-state index in [1.54, 1.807) is 0 Å². The van der Waals surface area contributed by atoms with Gasteiger partial charge >= 0.3 is 0 Å². The summed E-state index contributed by atoms with van der Waals surface area (Å²) in [4.78, 5) is 0. The average Bonchev–Trinajstić information content (AvgIpc) is 3.90. The highest BCUT2D eigenvalue weighted by Crippen LogP contribution is 2.59. The molecule has 1 heterocycles. The van der Waals surface area contributed by atoms with E-state index >= 15 is 0 Å². The summed E-state index contributed by atoms with van der Waals surface area (Å²) in [6.07, 6.45) is 0. The van der Waals surface area contributed by atoms with Crippen LogP contribution in [0.3, 0.4) is 0 Å². The summed E-state index contributed by atoms with van der Waals surface area (Å²) in [5.41, 5.74) is 25.7. The Morgan fingerprint density at radius 2 is 0.661 bits per heavy atom. The van der Waals surface area contributed by atoms with Gasteiger partial charge in [0, 0.05) is 37.8 Å². The first-order valence-electron chi connectivity index (χ1n) is 21.5. The molecule has 0 atom stereocenters. The van der Waals surface area contributed by atoms with E-state index in [4.69, 9.17) is 0 Å². The van der Waals surface area contributed by atoms with Gasteiger partial charge in [-0.15, -0.1) is 0 Å². The fourth-order valence-electron chi connectivity index (χ4n) is 12.6. The summed E-state index contributed by atoms with van der Waals surface area (Å²) in [6.45, 7) is 19.4. The molecule has 0 bridgehead atoms. The van der Waals surface area contributed by atoms with Crippen molar-refractivity contribution in [2.24, 2.45) is 0 Å². The lowest BCUT2D eigenvalue weighted by molar-refractivity contribution is 0.652. The van der Waals surface area contributed by atoms with Gasteiger partial charge in [-0.1, -0.05) is 152 Å². The molecule has 0 saturated heterocycles. The second kappa shape index (κ2) is 10.5. The number of aromatic nitrogens is 1. The third-order valence-electron chi connectivity index (χ3n) is 15.8. The van der Waals surface area contributed by atoms with Crippen molar-refractivity contribution in [1.29, 1.82) is 0 Å². The topological polar surface area (TPSA) is 4.93 Å². The van der Waals surface area contributed by atoms with E-state index in [1.165, 1.54) is 127 Å².